The van der Waals surface area contributed by atoms with Gasteiger partial charge in [-0.2, -0.15) is 0 Å². The van der Waals surface area contributed by atoms with Crippen LogP contribution in [0.25, 0.3) is 11.5 Å². The fraction of sp³-hybridized carbons (Fsp3) is 0.429. The lowest BCUT2D eigenvalue weighted by atomic mass is 10.3. The Morgan fingerprint density at radius 3 is 2.70 bits per heavy atom. The van der Waals surface area contributed by atoms with Crippen molar-refractivity contribution in [1.82, 2.24) is 19.9 Å². The van der Waals surface area contributed by atoms with E-state index in [-0.39, 0.29) is 0 Å². The first-order chi connectivity index (χ1) is 9.76. The van der Waals surface area contributed by atoms with Crippen molar-refractivity contribution in [3.8, 4) is 17.4 Å². The van der Waals surface area contributed by atoms with Crippen LogP contribution in [0.15, 0.2) is 18.5 Å². The van der Waals surface area contributed by atoms with Crippen LogP contribution in [0.4, 0.5) is 5.82 Å². The molecule has 2 aromatic heterocycles. The molecule has 0 saturated heterocycles. The van der Waals surface area contributed by atoms with E-state index in [0.29, 0.717) is 17.4 Å². The number of hydrogen-bond donors (Lipinski definition) is 1. The quantitative estimate of drug-likeness (QED) is 0.870. The molecule has 0 aliphatic carbocycles. The summed E-state index contributed by atoms with van der Waals surface area (Å²) in [5, 5.41) is 3.28. The number of nitrogens with zero attached hydrogens (tertiary/aromatic N) is 4. The average molecular weight is 273 g/mol. The summed E-state index contributed by atoms with van der Waals surface area (Å²) in [4.78, 5) is 17.2. The van der Waals surface area contributed by atoms with Gasteiger partial charge in [0.15, 0.2) is 5.82 Å². The fourth-order valence-corrected chi connectivity index (χ4v) is 1.71. The number of anilines is 1. The molecule has 0 radical (unpaired) electrons. The van der Waals surface area contributed by atoms with Gasteiger partial charge in [-0.15, -0.1) is 0 Å². The third-order valence-corrected chi connectivity index (χ3v) is 2.78. The smallest absolute Gasteiger partial charge is 0.216 e. The van der Waals surface area contributed by atoms with E-state index in [1.54, 1.807) is 13.2 Å². The topological polar surface area (TPSA) is 72.8 Å². The first kappa shape index (κ1) is 14.2. The van der Waals surface area contributed by atoms with Crippen molar-refractivity contribution in [1.29, 1.82) is 0 Å². The van der Waals surface area contributed by atoms with E-state index >= 15 is 0 Å². The number of aryl methyl sites for hydroxylation is 1. The number of aromatic nitrogens is 4. The van der Waals surface area contributed by atoms with Crippen molar-refractivity contribution in [2.24, 2.45) is 0 Å². The van der Waals surface area contributed by atoms with Crippen LogP contribution in [0, 0.1) is 0 Å². The van der Waals surface area contributed by atoms with Gasteiger partial charge in [-0.3, -0.25) is 0 Å². The Morgan fingerprint density at radius 1 is 1.15 bits per heavy atom. The van der Waals surface area contributed by atoms with Crippen molar-refractivity contribution in [2.75, 3.05) is 19.0 Å². The predicted octanol–water partition coefficient (Wildman–Crippen LogP) is 2.33. The molecule has 20 heavy (non-hydrogen) atoms. The van der Waals surface area contributed by atoms with Gasteiger partial charge in [0.1, 0.15) is 17.8 Å². The van der Waals surface area contributed by atoms with E-state index in [2.05, 4.69) is 39.1 Å². The van der Waals surface area contributed by atoms with Crippen LogP contribution in [0.5, 0.6) is 5.88 Å². The minimum atomic E-state index is 0.503. The highest BCUT2D eigenvalue weighted by Gasteiger charge is 2.09. The second-order valence-electron chi connectivity index (χ2n) is 4.29. The summed E-state index contributed by atoms with van der Waals surface area (Å²) in [6.45, 7) is 5.06. The van der Waals surface area contributed by atoms with Gasteiger partial charge in [0.2, 0.25) is 5.88 Å². The zero-order valence-corrected chi connectivity index (χ0v) is 12.1. The highest BCUT2D eigenvalue weighted by Crippen LogP contribution is 2.18. The largest absolute Gasteiger partial charge is 0.481 e. The minimum Gasteiger partial charge on any atom is -0.481 e. The molecule has 0 bridgehead atoms. The van der Waals surface area contributed by atoms with E-state index in [0.717, 1.165) is 30.9 Å². The van der Waals surface area contributed by atoms with Gasteiger partial charge in [0.05, 0.1) is 7.11 Å². The van der Waals surface area contributed by atoms with Gasteiger partial charge in [-0.25, -0.2) is 19.9 Å². The van der Waals surface area contributed by atoms with Gasteiger partial charge in [-0.05, 0) is 12.8 Å². The molecule has 1 N–H and O–H groups in total. The lowest BCUT2D eigenvalue weighted by molar-refractivity contribution is 0.397. The molecule has 2 aromatic rings. The maximum absolute atomic E-state index is 5.11. The maximum atomic E-state index is 5.11. The maximum Gasteiger partial charge on any atom is 0.216 e. The molecule has 0 atom stereocenters. The Morgan fingerprint density at radius 2 is 2.00 bits per heavy atom. The van der Waals surface area contributed by atoms with Crippen LogP contribution in [-0.2, 0) is 6.42 Å². The van der Waals surface area contributed by atoms with Gasteiger partial charge in [0.25, 0.3) is 0 Å². The van der Waals surface area contributed by atoms with Crippen LogP contribution in [-0.4, -0.2) is 33.6 Å². The summed E-state index contributed by atoms with van der Waals surface area (Å²) in [7, 11) is 1.57. The molecule has 0 spiro atoms. The van der Waals surface area contributed by atoms with Crippen molar-refractivity contribution >= 4 is 5.82 Å². The number of ether oxygens (including phenoxy) is 1. The molecule has 106 valence electrons. The standard InChI is InChI=1S/C14H19N5O/c1-4-6-15-12-7-10(5-2)18-14(19-12)11-8-13(20-3)17-9-16-11/h7-9H,4-6H2,1-3H3,(H,15,18,19). The van der Waals surface area contributed by atoms with Crippen molar-refractivity contribution in [3.05, 3.63) is 24.2 Å². The number of methoxy groups -OCH3 is 1. The monoisotopic (exact) mass is 273 g/mol. The molecular formula is C14H19N5O. The molecule has 0 unspecified atom stereocenters. The molecule has 0 aliphatic heterocycles. The predicted molar refractivity (Wildman–Crippen MR) is 77.8 cm³/mol. The number of nitrogens with one attached hydrogen (secondary N) is 1. The molecule has 6 heteroatoms. The third-order valence-electron chi connectivity index (χ3n) is 2.78. The molecule has 0 aromatic carbocycles. The third kappa shape index (κ3) is 3.40. The van der Waals surface area contributed by atoms with Crippen molar-refractivity contribution in [3.63, 3.8) is 0 Å². The van der Waals surface area contributed by atoms with Crippen LogP contribution in [0.1, 0.15) is 26.0 Å². The highest BCUT2D eigenvalue weighted by atomic mass is 16.5. The van der Waals surface area contributed by atoms with Crippen LogP contribution >= 0.6 is 0 Å². The SMILES string of the molecule is CCCNc1cc(CC)nc(-c2cc(OC)ncn2)n1. The molecule has 0 amide bonds. The first-order valence-corrected chi connectivity index (χ1v) is 6.75. The lowest BCUT2D eigenvalue weighted by Gasteiger charge is -2.08. The Kier molecular flexibility index (Phi) is 4.81. The second-order valence-corrected chi connectivity index (χ2v) is 4.29. The summed E-state index contributed by atoms with van der Waals surface area (Å²) >= 11 is 0. The van der Waals surface area contributed by atoms with Crippen molar-refractivity contribution in [2.45, 2.75) is 26.7 Å². The van der Waals surface area contributed by atoms with Crippen LogP contribution in [0.2, 0.25) is 0 Å². The van der Waals surface area contributed by atoms with E-state index in [4.69, 9.17) is 4.74 Å². The van der Waals surface area contributed by atoms with Crippen molar-refractivity contribution < 1.29 is 4.74 Å². The van der Waals surface area contributed by atoms with Gasteiger partial charge < -0.3 is 10.1 Å². The molecule has 2 rings (SSSR count). The van der Waals surface area contributed by atoms with Crippen LogP contribution < -0.4 is 10.1 Å². The number of hydrogen-bond acceptors (Lipinski definition) is 6. The minimum absolute atomic E-state index is 0.503. The van der Waals surface area contributed by atoms with Gasteiger partial charge in [-0.1, -0.05) is 13.8 Å². The normalized spacial score (nSPS) is 10.3. The lowest BCUT2D eigenvalue weighted by Crippen LogP contribution is -2.06. The summed E-state index contributed by atoms with van der Waals surface area (Å²) < 4.78 is 5.11. The molecule has 0 saturated carbocycles. The Bertz CT molecular complexity index is 573. The average Bonchev–Trinajstić information content (AvgIpc) is 2.52. The first-order valence-electron chi connectivity index (χ1n) is 6.75. The second kappa shape index (κ2) is 6.79. The summed E-state index contributed by atoms with van der Waals surface area (Å²) in [6, 6.07) is 3.70. The van der Waals surface area contributed by atoms with E-state index in [9.17, 15) is 0 Å². The highest BCUT2D eigenvalue weighted by molar-refractivity contribution is 5.54. The summed E-state index contributed by atoms with van der Waals surface area (Å²) in [5.74, 6) is 1.92. The van der Waals surface area contributed by atoms with E-state index < -0.39 is 0 Å². The van der Waals surface area contributed by atoms with E-state index in [1.165, 1.54) is 6.33 Å². The Balaban J connectivity index is 2.38. The summed E-state index contributed by atoms with van der Waals surface area (Å²) in [6.07, 6.45) is 3.34. The number of rotatable bonds is 6. The molecule has 2 heterocycles. The molecule has 0 fully saturated rings. The molecular weight excluding hydrogens is 254 g/mol. The molecule has 6 nitrogen and oxygen atoms in total. The summed E-state index contributed by atoms with van der Waals surface area (Å²) in [5.41, 5.74) is 1.64. The Labute approximate surface area is 118 Å². The van der Waals surface area contributed by atoms with E-state index in [1.807, 2.05) is 6.07 Å². The zero-order valence-electron chi connectivity index (χ0n) is 12.1. The zero-order chi connectivity index (χ0) is 14.4. The van der Waals surface area contributed by atoms with Gasteiger partial charge in [0, 0.05) is 24.4 Å². The Hall–Kier alpha value is -2.24. The fourth-order valence-electron chi connectivity index (χ4n) is 1.71. The van der Waals surface area contributed by atoms with Gasteiger partial charge >= 0.3 is 0 Å². The van der Waals surface area contributed by atoms with Crippen LogP contribution in [0.3, 0.4) is 0 Å². The molecule has 0 aliphatic rings.